The first-order valence-electron chi connectivity index (χ1n) is 17.3. The maximum atomic E-state index is 13.9. The van der Waals surface area contributed by atoms with Gasteiger partial charge in [-0.25, -0.2) is 8.78 Å². The van der Waals surface area contributed by atoms with Gasteiger partial charge in [0.25, 0.3) is 6.43 Å². The van der Waals surface area contributed by atoms with Crippen molar-refractivity contribution < 1.29 is 18.3 Å². The molecular weight excluding hydrogens is 586 g/mol. The normalized spacial score (nSPS) is 20.6. The van der Waals surface area contributed by atoms with Gasteiger partial charge >= 0.3 is 6.01 Å². The van der Waals surface area contributed by atoms with Crippen LogP contribution in [0.4, 0.5) is 14.6 Å². The Bertz CT molecular complexity index is 1730. The van der Waals surface area contributed by atoms with Crippen LogP contribution in [0.25, 0.3) is 32.9 Å². The number of aromatic amines is 1. The van der Waals surface area contributed by atoms with Crippen LogP contribution in [0.1, 0.15) is 81.8 Å². The van der Waals surface area contributed by atoms with Crippen LogP contribution in [0, 0.1) is 12.3 Å². The second-order valence-electron chi connectivity index (χ2n) is 14.1. The number of fused-ring (bicyclic) bond motifs is 2. The number of anilines is 1. The molecule has 2 saturated carbocycles. The zero-order valence-corrected chi connectivity index (χ0v) is 27.0. The Hall–Kier alpha value is -3.53. The van der Waals surface area contributed by atoms with Crippen molar-refractivity contribution in [2.75, 3.05) is 44.2 Å². The lowest BCUT2D eigenvalue weighted by molar-refractivity contribution is 0.0826. The lowest BCUT2D eigenvalue weighted by Crippen LogP contribution is -2.44. The summed E-state index contributed by atoms with van der Waals surface area (Å²) < 4.78 is 40.6. The highest BCUT2D eigenvalue weighted by Crippen LogP contribution is 2.54. The summed E-state index contributed by atoms with van der Waals surface area (Å²) in [6.45, 7) is 8.35. The first-order valence-corrected chi connectivity index (χ1v) is 17.3. The van der Waals surface area contributed by atoms with Gasteiger partial charge in [0.1, 0.15) is 24.0 Å². The van der Waals surface area contributed by atoms with Crippen LogP contribution in [-0.2, 0) is 0 Å². The minimum absolute atomic E-state index is 0.00487. The van der Waals surface area contributed by atoms with Gasteiger partial charge in [-0.05, 0) is 105 Å². The molecule has 2 aliphatic carbocycles. The standard InChI is InChI=1S/C36H44F2N6O2/c1-3-43-15-9-24(10-16-43)46-35-40-32-26(34(41-35)44-17-13-36(14-18-44)11-4-12-36)19-25(23-6-7-23)31(33(32)45-21-29(37)38)30-22(2)5-8-28-27(30)20-39-42-28/h5,8,19-20,23-24,29H,3-4,6-7,9-18,21H2,1-2H3,(H,39,42). The number of aromatic nitrogens is 4. The third-order valence-corrected chi connectivity index (χ3v) is 11.2. The van der Waals surface area contributed by atoms with Gasteiger partial charge in [0.05, 0.1) is 11.7 Å². The van der Waals surface area contributed by atoms with E-state index in [4.69, 9.17) is 19.4 Å². The van der Waals surface area contributed by atoms with E-state index in [1.54, 1.807) is 0 Å². The van der Waals surface area contributed by atoms with Crippen molar-refractivity contribution in [2.24, 2.45) is 5.41 Å². The highest BCUT2D eigenvalue weighted by molar-refractivity contribution is 6.06. The molecule has 0 atom stereocenters. The van der Waals surface area contributed by atoms with Crippen molar-refractivity contribution >= 4 is 27.6 Å². The van der Waals surface area contributed by atoms with Gasteiger partial charge in [0, 0.05) is 42.5 Å². The van der Waals surface area contributed by atoms with Gasteiger partial charge in [0.2, 0.25) is 0 Å². The molecule has 4 aromatic rings. The summed E-state index contributed by atoms with van der Waals surface area (Å²) in [5, 5.41) is 9.23. The number of nitrogens with one attached hydrogen (secondary N) is 1. The number of ether oxygens (including phenoxy) is 2. The van der Waals surface area contributed by atoms with Crippen molar-refractivity contribution in [2.45, 2.75) is 90.1 Å². The number of rotatable bonds is 9. The van der Waals surface area contributed by atoms with Crippen LogP contribution in [0.2, 0.25) is 0 Å². The fourth-order valence-electron chi connectivity index (χ4n) is 8.10. The first kappa shape index (κ1) is 29.8. The smallest absolute Gasteiger partial charge is 0.319 e. The molecule has 0 amide bonds. The number of piperidine rings is 2. The van der Waals surface area contributed by atoms with Gasteiger partial charge in [-0.3, -0.25) is 5.10 Å². The minimum Gasteiger partial charge on any atom is -0.485 e. The summed E-state index contributed by atoms with van der Waals surface area (Å²) in [6.07, 6.45) is 9.35. The molecule has 2 aromatic heterocycles. The predicted molar refractivity (Wildman–Crippen MR) is 176 cm³/mol. The fourth-order valence-corrected chi connectivity index (χ4v) is 8.10. The number of likely N-dealkylation sites (tertiary alicyclic amines) is 1. The molecule has 1 spiro atoms. The lowest BCUT2D eigenvalue weighted by Gasteiger charge is -2.48. The topological polar surface area (TPSA) is 79.4 Å². The zero-order chi connectivity index (χ0) is 31.4. The van der Waals surface area contributed by atoms with E-state index in [0.29, 0.717) is 28.6 Å². The Morgan fingerprint density at radius 2 is 1.76 bits per heavy atom. The van der Waals surface area contributed by atoms with Gasteiger partial charge < -0.3 is 19.3 Å². The molecule has 244 valence electrons. The average Bonchev–Trinajstić information content (AvgIpc) is 3.79. The molecule has 10 heteroatoms. The van der Waals surface area contributed by atoms with Gasteiger partial charge in [-0.15, -0.1) is 0 Å². The van der Waals surface area contributed by atoms with Crippen LogP contribution in [0.3, 0.4) is 0 Å². The SMILES string of the molecule is CCN1CCC(Oc2nc(N3CCC4(CCC4)CC3)c3cc(C4CC4)c(-c4c(C)ccc5[nH]ncc45)c(OCC(F)F)c3n2)CC1. The molecule has 8 rings (SSSR count). The van der Waals surface area contributed by atoms with E-state index < -0.39 is 13.0 Å². The quantitative estimate of drug-likeness (QED) is 0.204. The monoisotopic (exact) mass is 630 g/mol. The molecule has 2 aliphatic heterocycles. The molecule has 0 bridgehead atoms. The van der Waals surface area contributed by atoms with Gasteiger partial charge in [0.15, 0.2) is 5.75 Å². The van der Waals surface area contributed by atoms with Crippen LogP contribution in [-0.4, -0.2) is 76.9 Å². The van der Waals surface area contributed by atoms with Gasteiger partial charge in [-0.2, -0.15) is 15.1 Å². The largest absolute Gasteiger partial charge is 0.485 e. The number of hydrogen-bond donors (Lipinski definition) is 1. The Morgan fingerprint density at radius 3 is 2.43 bits per heavy atom. The summed E-state index contributed by atoms with van der Waals surface area (Å²) >= 11 is 0. The number of aryl methyl sites for hydroxylation is 1. The summed E-state index contributed by atoms with van der Waals surface area (Å²) in [7, 11) is 0. The third-order valence-electron chi connectivity index (χ3n) is 11.2. The van der Waals surface area contributed by atoms with Crippen molar-refractivity contribution in [1.82, 2.24) is 25.1 Å². The number of alkyl halides is 2. The van der Waals surface area contributed by atoms with Crippen LogP contribution in [0.15, 0.2) is 24.4 Å². The second kappa shape index (κ2) is 11.9. The van der Waals surface area contributed by atoms with Crippen molar-refractivity contribution in [1.29, 1.82) is 0 Å². The first-order chi connectivity index (χ1) is 22.4. The number of halogens is 2. The van der Waals surface area contributed by atoms with E-state index >= 15 is 0 Å². The molecule has 1 N–H and O–H groups in total. The number of hydrogen-bond acceptors (Lipinski definition) is 7. The zero-order valence-electron chi connectivity index (χ0n) is 27.0. The summed E-state index contributed by atoms with van der Waals surface area (Å²) in [4.78, 5) is 15.0. The molecule has 2 aromatic carbocycles. The van der Waals surface area contributed by atoms with Crippen molar-refractivity contribution in [3.05, 3.63) is 35.5 Å². The average molecular weight is 631 g/mol. The molecule has 8 nitrogen and oxygen atoms in total. The summed E-state index contributed by atoms with van der Waals surface area (Å²) in [5.74, 6) is 1.56. The maximum absolute atomic E-state index is 13.9. The van der Waals surface area contributed by atoms with Gasteiger partial charge in [-0.1, -0.05) is 19.4 Å². The van der Waals surface area contributed by atoms with Crippen molar-refractivity contribution in [3.8, 4) is 22.9 Å². The van der Waals surface area contributed by atoms with E-state index in [9.17, 15) is 8.78 Å². The number of nitrogens with zero attached hydrogens (tertiary/aromatic N) is 5. The molecule has 0 unspecified atom stereocenters. The number of benzene rings is 2. The minimum atomic E-state index is -2.63. The van der Waals surface area contributed by atoms with Crippen LogP contribution < -0.4 is 14.4 Å². The van der Waals surface area contributed by atoms with Crippen LogP contribution in [0.5, 0.6) is 11.8 Å². The molecule has 4 aliphatic rings. The van der Waals surface area contributed by atoms with E-state index in [1.807, 2.05) is 12.3 Å². The van der Waals surface area contributed by atoms with Crippen molar-refractivity contribution in [3.63, 3.8) is 0 Å². The fraction of sp³-hybridized carbons (Fsp3) is 0.583. The van der Waals surface area contributed by atoms with E-state index in [2.05, 4.69) is 46.0 Å². The maximum Gasteiger partial charge on any atom is 0.319 e. The molecule has 4 heterocycles. The summed E-state index contributed by atoms with van der Waals surface area (Å²) in [6, 6.07) is 6.62. The Morgan fingerprint density at radius 1 is 0.978 bits per heavy atom. The van der Waals surface area contributed by atoms with Crippen LogP contribution >= 0.6 is 0 Å². The predicted octanol–water partition coefficient (Wildman–Crippen LogP) is 7.64. The lowest BCUT2D eigenvalue weighted by atomic mass is 9.63. The number of H-pyrrole nitrogens is 1. The third kappa shape index (κ3) is 5.46. The Labute approximate surface area is 268 Å². The summed E-state index contributed by atoms with van der Waals surface area (Å²) in [5.41, 5.74) is 5.88. The van der Waals surface area contributed by atoms with E-state index in [0.717, 1.165) is 116 Å². The molecule has 46 heavy (non-hydrogen) atoms. The highest BCUT2D eigenvalue weighted by Gasteiger charge is 2.41. The second-order valence-corrected chi connectivity index (χ2v) is 14.1. The molecular formula is C36H44F2N6O2. The van der Waals surface area contributed by atoms with E-state index in [1.165, 1.54) is 19.3 Å². The molecule has 0 radical (unpaired) electrons. The highest BCUT2D eigenvalue weighted by atomic mass is 19.3. The molecule has 4 fully saturated rings. The Kier molecular flexibility index (Phi) is 7.74. The molecule has 2 saturated heterocycles. The Balaban J connectivity index is 1.32. The van der Waals surface area contributed by atoms with E-state index in [-0.39, 0.29) is 6.10 Å².